The third-order valence-corrected chi connectivity index (χ3v) is 3.21. The minimum atomic E-state index is -2.91. The number of halogens is 3. The second-order valence-corrected chi connectivity index (χ2v) is 5.00. The van der Waals surface area contributed by atoms with Gasteiger partial charge in [0.15, 0.2) is 11.5 Å². The maximum atomic E-state index is 12.3. The molecule has 0 amide bonds. The van der Waals surface area contributed by atoms with Crippen molar-refractivity contribution < 1.29 is 18.3 Å². The van der Waals surface area contributed by atoms with E-state index in [0.717, 1.165) is 5.69 Å². The van der Waals surface area contributed by atoms with Crippen molar-refractivity contribution in [1.82, 2.24) is 0 Å². The average Bonchev–Trinajstić information content (AvgIpc) is 2.52. The molecule has 0 aliphatic rings. The average molecular weight is 341 g/mol. The van der Waals surface area contributed by atoms with Gasteiger partial charge in [-0.1, -0.05) is 17.7 Å². The standard InChI is InChI=1S/C16H15ClF2N2O2/c1-10(20-21-13-5-3-4-12(17)9-13)11-6-7-14(23-16(18)19)15(8-11)22-2/h3-9,16,21H,1-2H3/b20-10-. The molecule has 0 aliphatic heterocycles. The van der Waals surface area contributed by atoms with Crippen LogP contribution in [0.2, 0.25) is 5.02 Å². The van der Waals surface area contributed by atoms with Crippen molar-refractivity contribution in [3.63, 3.8) is 0 Å². The number of hydrogen-bond donors (Lipinski definition) is 1. The number of nitrogens with one attached hydrogen (secondary N) is 1. The van der Waals surface area contributed by atoms with E-state index < -0.39 is 6.61 Å². The van der Waals surface area contributed by atoms with Crippen molar-refractivity contribution in [2.24, 2.45) is 5.10 Å². The SMILES string of the molecule is COc1cc(/C(C)=N\Nc2cccc(Cl)c2)ccc1OC(F)F. The molecule has 0 spiro atoms. The Kier molecular flexibility index (Phi) is 5.76. The summed E-state index contributed by atoms with van der Waals surface area (Å²) >= 11 is 5.90. The smallest absolute Gasteiger partial charge is 0.387 e. The fraction of sp³-hybridized carbons (Fsp3) is 0.188. The van der Waals surface area contributed by atoms with Crippen LogP contribution in [0.4, 0.5) is 14.5 Å². The summed E-state index contributed by atoms with van der Waals surface area (Å²) < 4.78 is 34.1. The third-order valence-electron chi connectivity index (χ3n) is 2.97. The molecule has 2 aromatic rings. The number of anilines is 1. The van der Waals surface area contributed by atoms with Crippen LogP contribution in [0, 0.1) is 0 Å². The van der Waals surface area contributed by atoms with Crippen molar-refractivity contribution in [3.8, 4) is 11.5 Å². The molecule has 0 aromatic heterocycles. The molecule has 0 atom stereocenters. The molecule has 1 N–H and O–H groups in total. The van der Waals surface area contributed by atoms with Gasteiger partial charge in [-0.25, -0.2) is 0 Å². The Balaban J connectivity index is 2.18. The van der Waals surface area contributed by atoms with Crippen molar-refractivity contribution in [2.75, 3.05) is 12.5 Å². The lowest BCUT2D eigenvalue weighted by Crippen LogP contribution is -2.05. The second-order valence-electron chi connectivity index (χ2n) is 4.56. The molecular formula is C16H15ClF2N2O2. The van der Waals surface area contributed by atoms with E-state index in [2.05, 4.69) is 15.3 Å². The van der Waals surface area contributed by atoms with Gasteiger partial charge in [-0.15, -0.1) is 0 Å². The number of methoxy groups -OCH3 is 1. The van der Waals surface area contributed by atoms with Crippen molar-refractivity contribution in [1.29, 1.82) is 0 Å². The van der Waals surface area contributed by atoms with Gasteiger partial charge in [0, 0.05) is 10.6 Å². The fourth-order valence-corrected chi connectivity index (χ4v) is 2.05. The zero-order valence-corrected chi connectivity index (χ0v) is 13.3. The van der Waals surface area contributed by atoms with Gasteiger partial charge in [-0.2, -0.15) is 13.9 Å². The normalized spacial score (nSPS) is 11.5. The molecule has 122 valence electrons. The minimum absolute atomic E-state index is 0.0261. The predicted molar refractivity (Wildman–Crippen MR) is 86.9 cm³/mol. The largest absolute Gasteiger partial charge is 0.493 e. The summed E-state index contributed by atoms with van der Waals surface area (Å²) in [5.41, 5.74) is 4.97. The molecule has 0 aliphatic carbocycles. The van der Waals surface area contributed by atoms with Gasteiger partial charge in [0.25, 0.3) is 0 Å². The molecule has 23 heavy (non-hydrogen) atoms. The second kappa shape index (κ2) is 7.78. The molecule has 0 fully saturated rings. The molecule has 0 unspecified atom stereocenters. The zero-order chi connectivity index (χ0) is 16.8. The summed E-state index contributed by atoms with van der Waals surface area (Å²) in [5.74, 6) is 0.182. The highest BCUT2D eigenvalue weighted by Crippen LogP contribution is 2.29. The molecule has 0 saturated heterocycles. The summed E-state index contributed by atoms with van der Waals surface area (Å²) in [4.78, 5) is 0. The quantitative estimate of drug-likeness (QED) is 0.607. The van der Waals surface area contributed by atoms with Gasteiger partial charge in [0.2, 0.25) is 0 Å². The summed E-state index contributed by atoms with van der Waals surface area (Å²) in [7, 11) is 1.38. The maximum absolute atomic E-state index is 12.3. The number of alkyl halides is 2. The Bertz CT molecular complexity index is 708. The van der Waals surface area contributed by atoms with Crippen LogP contribution in [0.5, 0.6) is 11.5 Å². The molecule has 0 saturated carbocycles. The molecule has 0 heterocycles. The molecule has 0 radical (unpaired) electrons. The lowest BCUT2D eigenvalue weighted by molar-refractivity contribution is -0.0512. The van der Waals surface area contributed by atoms with Gasteiger partial charge in [0.1, 0.15) is 0 Å². The molecular weight excluding hydrogens is 326 g/mol. The maximum Gasteiger partial charge on any atom is 0.387 e. The first-order chi connectivity index (χ1) is 11.0. The van der Waals surface area contributed by atoms with Gasteiger partial charge in [-0.05, 0) is 43.3 Å². The molecule has 7 heteroatoms. The lowest BCUT2D eigenvalue weighted by Gasteiger charge is -2.11. The molecule has 2 rings (SSSR count). The Morgan fingerprint density at radius 1 is 1.17 bits per heavy atom. The molecule has 4 nitrogen and oxygen atoms in total. The van der Waals surface area contributed by atoms with E-state index in [-0.39, 0.29) is 11.5 Å². The summed E-state index contributed by atoms with van der Waals surface area (Å²) in [6, 6.07) is 11.7. The van der Waals surface area contributed by atoms with Gasteiger partial charge < -0.3 is 9.47 Å². The Hall–Kier alpha value is -2.34. The number of ether oxygens (including phenoxy) is 2. The van der Waals surface area contributed by atoms with Crippen LogP contribution in [0.25, 0.3) is 0 Å². The first kappa shape index (κ1) is 17.0. The Morgan fingerprint density at radius 2 is 1.96 bits per heavy atom. The highest BCUT2D eigenvalue weighted by molar-refractivity contribution is 6.30. The van der Waals surface area contributed by atoms with Crippen molar-refractivity contribution in [2.45, 2.75) is 13.5 Å². The fourth-order valence-electron chi connectivity index (χ4n) is 1.86. The van der Waals surface area contributed by atoms with E-state index in [4.69, 9.17) is 16.3 Å². The van der Waals surface area contributed by atoms with Crippen molar-refractivity contribution in [3.05, 3.63) is 53.1 Å². The van der Waals surface area contributed by atoms with Crippen molar-refractivity contribution >= 4 is 23.0 Å². The van der Waals surface area contributed by atoms with Crippen LogP contribution < -0.4 is 14.9 Å². The van der Waals surface area contributed by atoms with Crippen LogP contribution in [0.15, 0.2) is 47.6 Å². The Morgan fingerprint density at radius 3 is 2.61 bits per heavy atom. The summed E-state index contributed by atoms with van der Waals surface area (Å²) in [6.07, 6.45) is 0. The van der Waals surface area contributed by atoms with Crippen LogP contribution in [0.1, 0.15) is 12.5 Å². The van der Waals surface area contributed by atoms with Crippen LogP contribution >= 0.6 is 11.6 Å². The van der Waals surface area contributed by atoms with Crippen LogP contribution in [-0.2, 0) is 0 Å². The first-order valence-corrected chi connectivity index (χ1v) is 7.06. The van der Waals surface area contributed by atoms with Gasteiger partial charge in [0.05, 0.1) is 18.5 Å². The molecule has 0 bridgehead atoms. The van der Waals surface area contributed by atoms with E-state index in [1.54, 1.807) is 37.3 Å². The minimum Gasteiger partial charge on any atom is -0.493 e. The number of hydrogen-bond acceptors (Lipinski definition) is 4. The first-order valence-electron chi connectivity index (χ1n) is 6.68. The Labute approximate surface area is 137 Å². The van der Waals surface area contributed by atoms with Gasteiger partial charge in [-0.3, -0.25) is 5.43 Å². The number of nitrogens with zero attached hydrogens (tertiary/aromatic N) is 1. The number of rotatable bonds is 6. The van der Waals surface area contributed by atoms with E-state index in [1.807, 2.05) is 6.07 Å². The lowest BCUT2D eigenvalue weighted by atomic mass is 10.1. The summed E-state index contributed by atoms with van der Waals surface area (Å²) in [5, 5.41) is 4.83. The van der Waals surface area contributed by atoms with E-state index >= 15 is 0 Å². The van der Waals surface area contributed by atoms with E-state index in [1.165, 1.54) is 13.2 Å². The number of benzene rings is 2. The van der Waals surface area contributed by atoms with E-state index in [0.29, 0.717) is 16.3 Å². The van der Waals surface area contributed by atoms with Gasteiger partial charge >= 0.3 is 6.61 Å². The van der Waals surface area contributed by atoms with Crippen LogP contribution in [0.3, 0.4) is 0 Å². The third kappa shape index (κ3) is 4.82. The topological polar surface area (TPSA) is 42.8 Å². The summed E-state index contributed by atoms with van der Waals surface area (Å²) in [6.45, 7) is -1.13. The number of hydrazone groups is 1. The highest BCUT2D eigenvalue weighted by Gasteiger charge is 2.12. The van der Waals surface area contributed by atoms with Crippen LogP contribution in [-0.4, -0.2) is 19.4 Å². The van der Waals surface area contributed by atoms with E-state index in [9.17, 15) is 8.78 Å². The highest BCUT2D eigenvalue weighted by atomic mass is 35.5. The zero-order valence-electron chi connectivity index (χ0n) is 12.5. The monoisotopic (exact) mass is 340 g/mol. The predicted octanol–water partition coefficient (Wildman–Crippen LogP) is 4.79. The molecule has 2 aromatic carbocycles.